The molecule has 3 heteroatoms. The van der Waals surface area contributed by atoms with Crippen LogP contribution in [0.15, 0.2) is 47.6 Å². The summed E-state index contributed by atoms with van der Waals surface area (Å²) in [6.07, 6.45) is 8.91. The molecular weight excluding hydrogens is 224 g/mol. The number of fused-ring (bicyclic) bond motifs is 2. The van der Waals surface area contributed by atoms with Crippen LogP contribution in [0.1, 0.15) is 23.2 Å². The fraction of sp³-hybridized carbons (Fsp3) is 0.333. The number of allylic oxidation sites excluding steroid dienone is 2. The van der Waals surface area contributed by atoms with Gasteiger partial charge in [-0.2, -0.15) is 5.10 Å². The first-order chi connectivity index (χ1) is 8.83. The molecule has 1 aromatic carbocycles. The monoisotopic (exact) mass is 240 g/mol. The van der Waals surface area contributed by atoms with Gasteiger partial charge in [-0.25, -0.2) is 5.43 Å². The van der Waals surface area contributed by atoms with Crippen molar-refractivity contribution in [3.63, 3.8) is 0 Å². The lowest BCUT2D eigenvalue weighted by Crippen LogP contribution is -2.19. The number of nitrogens with one attached hydrogen (secondary N) is 1. The third-order valence-corrected chi connectivity index (χ3v) is 3.80. The van der Waals surface area contributed by atoms with Crippen LogP contribution in [0.2, 0.25) is 0 Å². The number of hydrogen-bond donors (Lipinski definition) is 1. The SMILES string of the molecule is O=C(N/N=C\[C@H]1C[C@H]2C=C[C@H]1C2)c1ccccc1. The Morgan fingerprint density at radius 3 is 2.72 bits per heavy atom. The highest BCUT2D eigenvalue weighted by Gasteiger charge is 2.34. The summed E-state index contributed by atoms with van der Waals surface area (Å²) in [7, 11) is 0. The fourth-order valence-electron chi connectivity index (χ4n) is 2.84. The lowest BCUT2D eigenvalue weighted by molar-refractivity contribution is 0.0955. The van der Waals surface area contributed by atoms with E-state index >= 15 is 0 Å². The molecule has 0 heterocycles. The largest absolute Gasteiger partial charge is 0.271 e. The molecule has 1 fully saturated rings. The van der Waals surface area contributed by atoms with E-state index in [1.165, 1.54) is 12.8 Å². The van der Waals surface area contributed by atoms with Crippen molar-refractivity contribution in [1.82, 2.24) is 5.43 Å². The van der Waals surface area contributed by atoms with Gasteiger partial charge in [-0.1, -0.05) is 30.4 Å². The molecule has 2 aliphatic carbocycles. The van der Waals surface area contributed by atoms with E-state index in [2.05, 4.69) is 22.7 Å². The molecule has 3 nitrogen and oxygen atoms in total. The number of carbonyl (C=O) groups is 1. The minimum Gasteiger partial charge on any atom is -0.267 e. The second kappa shape index (κ2) is 4.77. The van der Waals surface area contributed by atoms with E-state index in [-0.39, 0.29) is 5.91 Å². The molecule has 1 amide bonds. The lowest BCUT2D eigenvalue weighted by atomic mass is 9.95. The molecular formula is C15H16N2O. The summed E-state index contributed by atoms with van der Waals surface area (Å²) >= 11 is 0. The van der Waals surface area contributed by atoms with Gasteiger partial charge in [-0.15, -0.1) is 0 Å². The first-order valence-corrected chi connectivity index (χ1v) is 6.40. The van der Waals surface area contributed by atoms with Gasteiger partial charge in [0.25, 0.3) is 5.91 Å². The van der Waals surface area contributed by atoms with Crippen molar-refractivity contribution in [3.8, 4) is 0 Å². The average Bonchev–Trinajstić information content (AvgIpc) is 3.02. The topological polar surface area (TPSA) is 41.5 Å². The highest BCUT2D eigenvalue weighted by Crippen LogP contribution is 2.42. The van der Waals surface area contributed by atoms with Crippen LogP contribution in [-0.2, 0) is 0 Å². The molecule has 3 rings (SSSR count). The van der Waals surface area contributed by atoms with Crippen molar-refractivity contribution in [2.75, 3.05) is 0 Å². The third-order valence-electron chi connectivity index (χ3n) is 3.80. The van der Waals surface area contributed by atoms with E-state index in [1.807, 2.05) is 24.4 Å². The summed E-state index contributed by atoms with van der Waals surface area (Å²) in [4.78, 5) is 11.7. The number of rotatable bonds is 3. The van der Waals surface area contributed by atoms with Crippen LogP contribution in [-0.4, -0.2) is 12.1 Å². The van der Waals surface area contributed by atoms with E-state index in [1.54, 1.807) is 12.1 Å². The Bertz CT molecular complexity index is 492. The molecule has 3 atom stereocenters. The molecule has 0 aliphatic heterocycles. The smallest absolute Gasteiger partial charge is 0.267 e. The van der Waals surface area contributed by atoms with Crippen molar-refractivity contribution in [3.05, 3.63) is 48.0 Å². The number of hydrazone groups is 1. The number of amides is 1. The van der Waals surface area contributed by atoms with Crippen LogP contribution in [0.3, 0.4) is 0 Å². The second-order valence-electron chi connectivity index (χ2n) is 5.03. The Morgan fingerprint density at radius 1 is 1.22 bits per heavy atom. The number of carbonyl (C=O) groups excluding carboxylic acids is 1. The lowest BCUT2D eigenvalue weighted by Gasteiger charge is -2.11. The van der Waals surface area contributed by atoms with Gasteiger partial charge in [0.15, 0.2) is 0 Å². The molecule has 2 aliphatic rings. The van der Waals surface area contributed by atoms with Crippen LogP contribution in [0.4, 0.5) is 0 Å². The molecule has 18 heavy (non-hydrogen) atoms. The minimum absolute atomic E-state index is 0.148. The van der Waals surface area contributed by atoms with Crippen molar-refractivity contribution in [2.24, 2.45) is 22.9 Å². The van der Waals surface area contributed by atoms with Gasteiger partial charge >= 0.3 is 0 Å². The Kier molecular flexibility index (Phi) is 2.97. The predicted octanol–water partition coefficient (Wildman–Crippen LogP) is 2.61. The quantitative estimate of drug-likeness (QED) is 0.492. The maximum Gasteiger partial charge on any atom is 0.271 e. The van der Waals surface area contributed by atoms with Crippen LogP contribution in [0.25, 0.3) is 0 Å². The summed E-state index contributed by atoms with van der Waals surface area (Å²) in [6, 6.07) is 9.15. The van der Waals surface area contributed by atoms with Gasteiger partial charge in [0.1, 0.15) is 0 Å². The molecule has 92 valence electrons. The van der Waals surface area contributed by atoms with E-state index < -0.39 is 0 Å². The van der Waals surface area contributed by atoms with Crippen molar-refractivity contribution in [1.29, 1.82) is 0 Å². The molecule has 0 aromatic heterocycles. The van der Waals surface area contributed by atoms with Crippen molar-refractivity contribution >= 4 is 12.1 Å². The number of hydrogen-bond acceptors (Lipinski definition) is 2. The van der Waals surface area contributed by atoms with Crippen LogP contribution < -0.4 is 5.43 Å². The van der Waals surface area contributed by atoms with Gasteiger partial charge in [-0.05, 0) is 36.8 Å². The minimum atomic E-state index is -0.148. The van der Waals surface area contributed by atoms with Gasteiger partial charge in [0, 0.05) is 17.7 Å². The second-order valence-corrected chi connectivity index (χ2v) is 5.03. The van der Waals surface area contributed by atoms with Gasteiger partial charge in [0.2, 0.25) is 0 Å². The maximum atomic E-state index is 11.7. The first-order valence-electron chi connectivity index (χ1n) is 6.40. The molecule has 1 N–H and O–H groups in total. The van der Waals surface area contributed by atoms with Crippen LogP contribution in [0, 0.1) is 17.8 Å². The highest BCUT2D eigenvalue weighted by atomic mass is 16.2. The zero-order valence-electron chi connectivity index (χ0n) is 10.1. The van der Waals surface area contributed by atoms with Crippen LogP contribution in [0.5, 0.6) is 0 Å². The molecule has 1 saturated carbocycles. The van der Waals surface area contributed by atoms with Crippen LogP contribution >= 0.6 is 0 Å². The zero-order valence-corrected chi connectivity index (χ0v) is 10.1. The number of nitrogens with zero attached hydrogens (tertiary/aromatic N) is 1. The normalized spacial score (nSPS) is 29.0. The average molecular weight is 240 g/mol. The third kappa shape index (κ3) is 2.21. The standard InChI is InChI=1S/C15H16N2O/c18-15(12-4-2-1-3-5-12)17-16-10-14-9-11-6-7-13(14)8-11/h1-7,10-11,13-14H,8-9H2,(H,17,18)/b16-10-/t11-,13-,14+/m0/s1. The summed E-state index contributed by atoms with van der Waals surface area (Å²) in [5, 5.41) is 4.09. The predicted molar refractivity (Wildman–Crippen MR) is 71.2 cm³/mol. The molecule has 0 saturated heterocycles. The zero-order chi connectivity index (χ0) is 12.4. The Balaban J connectivity index is 1.55. The molecule has 2 bridgehead atoms. The Labute approximate surface area is 107 Å². The summed E-state index contributed by atoms with van der Waals surface area (Å²) in [5.41, 5.74) is 3.23. The summed E-state index contributed by atoms with van der Waals surface area (Å²) in [6.45, 7) is 0. The molecule has 0 radical (unpaired) electrons. The Hall–Kier alpha value is -1.90. The summed E-state index contributed by atoms with van der Waals surface area (Å²) < 4.78 is 0. The van der Waals surface area contributed by atoms with E-state index in [4.69, 9.17) is 0 Å². The van der Waals surface area contributed by atoms with E-state index in [0.717, 1.165) is 5.92 Å². The fourth-order valence-corrected chi connectivity index (χ4v) is 2.84. The maximum absolute atomic E-state index is 11.7. The molecule has 0 unspecified atom stereocenters. The first kappa shape index (κ1) is 11.2. The van der Waals surface area contributed by atoms with E-state index in [9.17, 15) is 4.79 Å². The van der Waals surface area contributed by atoms with Gasteiger partial charge in [-0.3, -0.25) is 4.79 Å². The number of benzene rings is 1. The van der Waals surface area contributed by atoms with Gasteiger partial charge < -0.3 is 0 Å². The van der Waals surface area contributed by atoms with E-state index in [0.29, 0.717) is 17.4 Å². The van der Waals surface area contributed by atoms with Gasteiger partial charge in [0.05, 0.1) is 0 Å². The molecule has 0 spiro atoms. The van der Waals surface area contributed by atoms with Crippen molar-refractivity contribution in [2.45, 2.75) is 12.8 Å². The summed E-state index contributed by atoms with van der Waals surface area (Å²) in [5.74, 6) is 1.71. The highest BCUT2D eigenvalue weighted by molar-refractivity contribution is 5.94. The van der Waals surface area contributed by atoms with Crippen molar-refractivity contribution < 1.29 is 4.79 Å². The molecule has 1 aromatic rings. The Morgan fingerprint density at radius 2 is 2.06 bits per heavy atom.